The number of hydrogen-bond acceptors (Lipinski definition) is 8. The van der Waals surface area contributed by atoms with Crippen LogP contribution in [0.25, 0.3) is 0 Å². The van der Waals surface area contributed by atoms with Crippen LogP contribution in [0.15, 0.2) is 0 Å². The summed E-state index contributed by atoms with van der Waals surface area (Å²) >= 11 is 0. The summed E-state index contributed by atoms with van der Waals surface area (Å²) in [5.74, 6) is -0.583. The minimum Gasteiger partial charge on any atom is -0.550 e. The van der Waals surface area contributed by atoms with Crippen molar-refractivity contribution in [3.05, 3.63) is 0 Å². The molecule has 196 valence electrons. The van der Waals surface area contributed by atoms with E-state index in [0.717, 1.165) is 44.9 Å². The van der Waals surface area contributed by atoms with Gasteiger partial charge in [-0.15, -0.1) is 0 Å². The molecule has 4 saturated carbocycles. The minimum atomic E-state index is -1.22. The van der Waals surface area contributed by atoms with Gasteiger partial charge in [0.2, 0.25) is 0 Å². The number of carbonyl (C=O) groups excluding carboxylic acids is 2. The number of aliphatic hydroxyl groups excluding tert-OH is 3. The Morgan fingerprint density at radius 3 is 2.14 bits per heavy atom. The van der Waals surface area contributed by atoms with E-state index in [4.69, 9.17) is 9.90 Å². The van der Waals surface area contributed by atoms with Crippen LogP contribution in [0, 0.1) is 46.3 Å². The van der Waals surface area contributed by atoms with Gasteiger partial charge in [0, 0.05) is 12.5 Å². The zero-order valence-corrected chi connectivity index (χ0v) is 26.8. The van der Waals surface area contributed by atoms with Crippen molar-refractivity contribution in [1.29, 1.82) is 0 Å². The average molecular weight is 528 g/mol. The van der Waals surface area contributed by atoms with E-state index in [2.05, 4.69) is 26.5 Å². The monoisotopic (exact) mass is 527 g/mol. The molecule has 3 unspecified atom stereocenters. The third-order valence-corrected chi connectivity index (χ3v) is 10.5. The Labute approximate surface area is 259 Å². The summed E-state index contributed by atoms with van der Waals surface area (Å²) in [5, 5.41) is 53.0. The number of nitrogens with two attached hydrogens (primary N) is 1. The van der Waals surface area contributed by atoms with Gasteiger partial charge in [0.05, 0.1) is 24.3 Å². The van der Waals surface area contributed by atoms with E-state index in [1.54, 1.807) is 0 Å². The Morgan fingerprint density at radius 1 is 0.972 bits per heavy atom. The van der Waals surface area contributed by atoms with E-state index in [-0.39, 0.29) is 119 Å². The molecule has 0 saturated heterocycles. The zero-order chi connectivity index (χ0) is 25.4. The maximum atomic E-state index is 11.5. The molecule has 10 heteroatoms. The van der Waals surface area contributed by atoms with Gasteiger partial charge < -0.3 is 40.9 Å². The first-order chi connectivity index (χ1) is 15.9. The first-order valence-corrected chi connectivity index (χ1v) is 13.0. The maximum absolute atomic E-state index is 11.5. The second-order valence-electron chi connectivity index (χ2n) is 12.0. The fourth-order valence-corrected chi connectivity index (χ4v) is 8.68. The molecule has 0 heterocycles. The first kappa shape index (κ1) is 34.8. The topological polar surface area (TPSA) is 167 Å². The molecule has 0 amide bonds. The maximum Gasteiger partial charge on any atom is 1.00 e. The van der Waals surface area contributed by atoms with E-state index in [1.807, 2.05) is 0 Å². The van der Waals surface area contributed by atoms with Crippen LogP contribution >= 0.6 is 0 Å². The molecule has 4 aliphatic carbocycles. The number of fused-ring (bicyclic) bond motifs is 5. The molecule has 36 heavy (non-hydrogen) atoms. The van der Waals surface area contributed by atoms with Crippen LogP contribution in [0.1, 0.15) is 78.6 Å². The summed E-state index contributed by atoms with van der Waals surface area (Å²) in [5.41, 5.74) is 4.34. The van der Waals surface area contributed by atoms with E-state index < -0.39 is 18.0 Å². The largest absolute Gasteiger partial charge is 1.00 e. The molecule has 5 N–H and O–H groups in total. The van der Waals surface area contributed by atoms with Crippen molar-refractivity contribution in [3.8, 4) is 0 Å². The number of aliphatic carboxylic acids is 2. The SMILES string of the molecule is C[C@H](CCC(=O)[O-])[C@H]1CCC2C3C(C[C@H](O)[C@@]21C)[C@@]1(C)CC[C@@H](O)C[C@H]1C[C@H]3O.NCC(=O)[O-].[Na+].[Na+]. The quantitative estimate of drug-likeness (QED) is 0.256. The molecule has 0 aromatic carbocycles. The van der Waals surface area contributed by atoms with Gasteiger partial charge in [-0.25, -0.2) is 0 Å². The van der Waals surface area contributed by atoms with E-state index in [0.29, 0.717) is 18.3 Å². The minimum absolute atomic E-state index is 0. The van der Waals surface area contributed by atoms with Gasteiger partial charge in [-0.3, -0.25) is 0 Å². The number of hydrogen-bond donors (Lipinski definition) is 4. The summed E-state index contributed by atoms with van der Waals surface area (Å²) < 4.78 is 0. The molecule has 0 spiro atoms. The summed E-state index contributed by atoms with van der Waals surface area (Å²) in [4.78, 5) is 20.1. The van der Waals surface area contributed by atoms with Gasteiger partial charge in [-0.1, -0.05) is 20.8 Å². The van der Waals surface area contributed by atoms with Crippen molar-refractivity contribution >= 4 is 11.9 Å². The molecule has 0 bridgehead atoms. The third-order valence-electron chi connectivity index (χ3n) is 10.5. The van der Waals surface area contributed by atoms with Crippen molar-refractivity contribution in [2.45, 2.75) is 96.9 Å². The number of carboxylic acid groups (broad SMARTS) is 2. The van der Waals surface area contributed by atoms with Crippen LogP contribution in [0.5, 0.6) is 0 Å². The van der Waals surface area contributed by atoms with Crippen LogP contribution < -0.4 is 75.1 Å². The van der Waals surface area contributed by atoms with Crippen molar-refractivity contribution in [2.24, 2.45) is 52.1 Å². The molecule has 0 aromatic heterocycles. The number of carbonyl (C=O) groups is 2. The van der Waals surface area contributed by atoms with Gasteiger partial charge in [-0.2, -0.15) is 0 Å². The van der Waals surface area contributed by atoms with Crippen LogP contribution in [0.3, 0.4) is 0 Å². The normalized spacial score (nSPS) is 43.6. The van der Waals surface area contributed by atoms with Gasteiger partial charge in [-0.05, 0) is 104 Å². The molecular weight excluding hydrogens is 484 g/mol. The summed E-state index contributed by atoms with van der Waals surface area (Å²) in [6, 6.07) is 0. The Balaban J connectivity index is 0.000000846. The van der Waals surface area contributed by atoms with Crippen LogP contribution in [-0.2, 0) is 9.59 Å². The van der Waals surface area contributed by atoms with Crippen LogP contribution in [0.2, 0.25) is 0 Å². The predicted molar refractivity (Wildman–Crippen MR) is 121 cm³/mol. The van der Waals surface area contributed by atoms with E-state index in [9.17, 15) is 25.2 Å². The van der Waals surface area contributed by atoms with Gasteiger partial charge in [0.1, 0.15) is 0 Å². The standard InChI is InChI=1S/C24H40O5.C2H5NO2.2Na/c1-13(4-7-21(28)29)16-5-6-17-22-18(12-20(27)24(16,17)3)23(2)9-8-15(25)10-14(23)11-19(22)26;3-1-2(4)5;;/h13-20,22,25-27H,4-12H2,1-3H3,(H,28,29);1,3H2,(H,4,5);;/q;;2*+1/p-2/t13-,14+,15-,16-,17?,18?,19-,20+,22?,23+,24-;;;/m1.../s1. The second-order valence-corrected chi connectivity index (χ2v) is 12.0. The third kappa shape index (κ3) is 6.73. The molecular formula is C26H43NNa2O7. The average Bonchev–Trinajstić information content (AvgIpc) is 3.13. The molecule has 11 atom stereocenters. The molecule has 4 rings (SSSR count). The zero-order valence-electron chi connectivity index (χ0n) is 22.8. The van der Waals surface area contributed by atoms with E-state index >= 15 is 0 Å². The Bertz CT molecular complexity index is 758. The summed E-state index contributed by atoms with van der Waals surface area (Å²) in [6.07, 6.45) is 5.72. The molecule has 0 aromatic rings. The van der Waals surface area contributed by atoms with Crippen molar-refractivity contribution in [3.63, 3.8) is 0 Å². The Hall–Kier alpha value is 0.780. The van der Waals surface area contributed by atoms with Gasteiger partial charge in [0.25, 0.3) is 0 Å². The Kier molecular flexibility index (Phi) is 13.4. The number of aliphatic hydroxyl groups is 3. The predicted octanol–water partition coefficient (Wildman–Crippen LogP) is -6.18. The summed E-state index contributed by atoms with van der Waals surface area (Å²) in [7, 11) is 0. The van der Waals surface area contributed by atoms with Crippen molar-refractivity contribution in [2.75, 3.05) is 6.54 Å². The van der Waals surface area contributed by atoms with E-state index in [1.165, 1.54) is 0 Å². The molecule has 4 aliphatic rings. The molecule has 8 nitrogen and oxygen atoms in total. The fourth-order valence-electron chi connectivity index (χ4n) is 8.68. The van der Waals surface area contributed by atoms with Crippen molar-refractivity contribution < 1.29 is 94.2 Å². The van der Waals surface area contributed by atoms with Gasteiger partial charge >= 0.3 is 59.1 Å². The van der Waals surface area contributed by atoms with Crippen LogP contribution in [0.4, 0.5) is 0 Å². The smallest absolute Gasteiger partial charge is 0.550 e. The fraction of sp³-hybridized carbons (Fsp3) is 0.923. The number of carboxylic acids is 2. The van der Waals surface area contributed by atoms with Gasteiger partial charge in [0.15, 0.2) is 0 Å². The van der Waals surface area contributed by atoms with Crippen LogP contribution in [-0.4, -0.2) is 52.1 Å². The second kappa shape index (κ2) is 13.9. The molecule has 0 radical (unpaired) electrons. The Morgan fingerprint density at radius 2 is 1.58 bits per heavy atom. The molecule has 0 aliphatic heterocycles. The van der Waals surface area contributed by atoms with Crippen molar-refractivity contribution in [1.82, 2.24) is 0 Å². The first-order valence-electron chi connectivity index (χ1n) is 13.0. The summed E-state index contributed by atoms with van der Waals surface area (Å²) in [6.45, 7) is 6.28. The molecule has 4 fully saturated rings. The number of rotatable bonds is 5.